The number of ether oxygens (including phenoxy) is 1. The predicted octanol–water partition coefficient (Wildman–Crippen LogP) is 4.83. The minimum absolute atomic E-state index is 0.0423. The van der Waals surface area contributed by atoms with Crippen LogP contribution in [-0.4, -0.2) is 46.9 Å². The molecule has 2 aliphatic rings. The quantitative estimate of drug-likeness (QED) is 0.544. The molecule has 1 atom stereocenters. The molecule has 2 aromatic rings. The van der Waals surface area contributed by atoms with Gasteiger partial charge in [0.25, 0.3) is 5.56 Å². The molecular formula is C25H32ClN5O2S. The van der Waals surface area contributed by atoms with Gasteiger partial charge in [0.1, 0.15) is 5.02 Å². The lowest BCUT2D eigenvalue weighted by atomic mass is 10.0. The highest BCUT2D eigenvalue weighted by atomic mass is 35.5. The van der Waals surface area contributed by atoms with Gasteiger partial charge in [0.15, 0.2) is 0 Å². The van der Waals surface area contributed by atoms with Crippen molar-refractivity contribution in [3.63, 3.8) is 0 Å². The number of anilines is 1. The Morgan fingerprint density at radius 2 is 2.00 bits per heavy atom. The first kappa shape index (κ1) is 25.1. The second kappa shape index (κ2) is 11.1. The fraction of sp³-hybridized carbons (Fsp3) is 0.560. The average Bonchev–Trinajstić information content (AvgIpc) is 2.86. The number of hydrogen-bond donors (Lipinski definition) is 1. The van der Waals surface area contributed by atoms with Crippen LogP contribution in [0.15, 0.2) is 35.3 Å². The molecule has 182 valence electrons. The molecule has 1 aromatic carbocycles. The van der Waals surface area contributed by atoms with Crippen molar-refractivity contribution in [1.29, 1.82) is 5.26 Å². The van der Waals surface area contributed by atoms with Crippen LogP contribution in [0.5, 0.6) is 0 Å². The highest BCUT2D eigenvalue weighted by molar-refractivity contribution is 7.97. The number of benzene rings is 1. The Hall–Kier alpha value is -2.05. The highest BCUT2D eigenvalue weighted by Crippen LogP contribution is 2.40. The van der Waals surface area contributed by atoms with Crippen molar-refractivity contribution in [3.8, 4) is 6.07 Å². The maximum atomic E-state index is 12.9. The summed E-state index contributed by atoms with van der Waals surface area (Å²) in [6.45, 7) is 8.43. The van der Waals surface area contributed by atoms with E-state index < -0.39 is 0 Å². The van der Waals surface area contributed by atoms with Gasteiger partial charge in [-0.3, -0.25) is 4.79 Å². The molecule has 0 spiro atoms. The van der Waals surface area contributed by atoms with E-state index >= 15 is 0 Å². The zero-order chi connectivity index (χ0) is 24.1. The maximum absolute atomic E-state index is 12.9. The van der Waals surface area contributed by atoms with Crippen molar-refractivity contribution in [3.05, 3.63) is 57.0 Å². The molecule has 2 aliphatic heterocycles. The molecule has 0 aliphatic carbocycles. The molecule has 0 saturated carbocycles. The summed E-state index contributed by atoms with van der Waals surface area (Å²) >= 11 is 8.25. The number of nitrogens with one attached hydrogen (secondary N) is 1. The lowest BCUT2D eigenvalue weighted by molar-refractivity contribution is 0.0595. The first-order valence-corrected chi connectivity index (χ1v) is 13.1. The fourth-order valence-corrected chi connectivity index (χ4v) is 6.03. The second-order valence-electron chi connectivity index (χ2n) is 9.54. The van der Waals surface area contributed by atoms with Gasteiger partial charge in [-0.1, -0.05) is 35.7 Å². The third-order valence-electron chi connectivity index (χ3n) is 6.62. The zero-order valence-electron chi connectivity index (χ0n) is 19.8. The van der Waals surface area contributed by atoms with E-state index in [0.717, 1.165) is 58.5 Å². The van der Waals surface area contributed by atoms with E-state index in [9.17, 15) is 4.79 Å². The van der Waals surface area contributed by atoms with Crippen molar-refractivity contribution in [2.75, 3.05) is 38.2 Å². The van der Waals surface area contributed by atoms with Gasteiger partial charge < -0.3 is 10.1 Å². The lowest BCUT2D eigenvalue weighted by Crippen LogP contribution is -2.37. The number of rotatable bonds is 7. The van der Waals surface area contributed by atoms with E-state index in [1.807, 2.05) is 36.2 Å². The molecule has 1 aromatic heterocycles. The highest BCUT2D eigenvalue weighted by Gasteiger charge is 2.30. The summed E-state index contributed by atoms with van der Waals surface area (Å²) in [7, 11) is 0. The van der Waals surface area contributed by atoms with E-state index in [1.165, 1.54) is 5.56 Å². The monoisotopic (exact) mass is 501 g/mol. The van der Waals surface area contributed by atoms with Crippen LogP contribution in [0.1, 0.15) is 56.7 Å². The average molecular weight is 502 g/mol. The Morgan fingerprint density at radius 1 is 1.26 bits per heavy atom. The molecular weight excluding hydrogens is 470 g/mol. The van der Waals surface area contributed by atoms with Gasteiger partial charge in [-0.15, -0.1) is 0 Å². The third kappa shape index (κ3) is 5.95. The molecule has 0 amide bonds. The van der Waals surface area contributed by atoms with Gasteiger partial charge in [0.05, 0.1) is 36.2 Å². The Balaban J connectivity index is 1.33. The Morgan fingerprint density at radius 3 is 2.65 bits per heavy atom. The van der Waals surface area contributed by atoms with E-state index in [0.29, 0.717) is 17.2 Å². The van der Waals surface area contributed by atoms with Gasteiger partial charge in [-0.05, 0) is 63.1 Å². The summed E-state index contributed by atoms with van der Waals surface area (Å²) in [5.74, 6) is 0.433. The van der Waals surface area contributed by atoms with Crippen molar-refractivity contribution in [2.45, 2.75) is 50.3 Å². The van der Waals surface area contributed by atoms with Crippen LogP contribution in [0.25, 0.3) is 0 Å². The van der Waals surface area contributed by atoms with Crippen LogP contribution in [0.3, 0.4) is 0 Å². The van der Waals surface area contributed by atoms with E-state index in [1.54, 1.807) is 10.9 Å². The van der Waals surface area contributed by atoms with Crippen molar-refractivity contribution in [2.24, 2.45) is 5.92 Å². The Bertz CT molecular complexity index is 1070. The largest absolute Gasteiger partial charge is 0.382 e. The Kier molecular flexibility index (Phi) is 8.20. The van der Waals surface area contributed by atoms with Gasteiger partial charge in [0.2, 0.25) is 0 Å². The number of nitriles is 1. The fourth-order valence-electron chi connectivity index (χ4n) is 4.55. The second-order valence-corrected chi connectivity index (χ2v) is 11.6. The molecule has 34 heavy (non-hydrogen) atoms. The third-order valence-corrected chi connectivity index (χ3v) is 8.30. The van der Waals surface area contributed by atoms with Crippen LogP contribution < -0.4 is 10.9 Å². The summed E-state index contributed by atoms with van der Waals surface area (Å²) in [6.07, 6.45) is 5.55. The van der Waals surface area contributed by atoms with E-state index in [2.05, 4.69) is 34.6 Å². The molecule has 0 bridgehead atoms. The number of piperidine rings is 1. The van der Waals surface area contributed by atoms with E-state index in [-0.39, 0.29) is 21.4 Å². The van der Waals surface area contributed by atoms with Crippen LogP contribution in [-0.2, 0) is 9.48 Å². The molecule has 1 N–H and O–H groups in total. The first-order chi connectivity index (χ1) is 16.4. The summed E-state index contributed by atoms with van der Waals surface area (Å²) in [5, 5.41) is 17.0. The number of hydrogen-bond acceptors (Lipinski definition) is 7. The van der Waals surface area contributed by atoms with Crippen LogP contribution in [0.2, 0.25) is 5.02 Å². The van der Waals surface area contributed by atoms with Crippen LogP contribution in [0.4, 0.5) is 5.69 Å². The molecule has 3 heterocycles. The Labute approximate surface area is 210 Å². The predicted molar refractivity (Wildman–Crippen MR) is 137 cm³/mol. The summed E-state index contributed by atoms with van der Waals surface area (Å²) in [4.78, 5) is 12.9. The van der Waals surface area contributed by atoms with Crippen LogP contribution in [0, 0.1) is 17.2 Å². The van der Waals surface area contributed by atoms with Crippen molar-refractivity contribution >= 4 is 29.2 Å². The molecule has 7 nitrogen and oxygen atoms in total. The number of nitrogens with zero attached hydrogens (tertiary/aromatic N) is 4. The molecule has 9 heteroatoms. The van der Waals surface area contributed by atoms with Crippen molar-refractivity contribution < 1.29 is 4.74 Å². The van der Waals surface area contributed by atoms with Gasteiger partial charge in [-0.2, -0.15) is 10.4 Å². The first-order valence-electron chi connectivity index (χ1n) is 11.9. The zero-order valence-corrected chi connectivity index (χ0v) is 21.4. The lowest BCUT2D eigenvalue weighted by Gasteiger charge is -2.36. The minimum Gasteiger partial charge on any atom is -0.382 e. The maximum Gasteiger partial charge on any atom is 0.287 e. The SMILES string of the molecule is CC(C)(SN1CCC(n2ncc(NCC3CCCOC3)c(Cl)c2=O)CC1)c1ccc(C#N)cc1. The normalized spacial score (nSPS) is 20.1. The molecule has 2 saturated heterocycles. The van der Waals surface area contributed by atoms with Crippen molar-refractivity contribution in [1.82, 2.24) is 14.1 Å². The standard InChI is InChI=1S/C25H32ClN5O2S/c1-25(2,20-7-5-18(14-27)6-8-20)34-30-11-9-21(10-12-30)31-24(32)23(26)22(16-29-31)28-15-19-4-3-13-33-17-19/h5-8,16,19,21,28H,3-4,9-13,15,17H2,1-2H3. The van der Waals surface area contributed by atoms with Gasteiger partial charge >= 0.3 is 0 Å². The molecule has 1 unspecified atom stereocenters. The van der Waals surface area contributed by atoms with Crippen LogP contribution >= 0.6 is 23.5 Å². The summed E-state index contributed by atoms with van der Waals surface area (Å²) in [5.41, 5.74) is 2.23. The molecule has 4 rings (SSSR count). The minimum atomic E-state index is -0.226. The summed E-state index contributed by atoms with van der Waals surface area (Å²) < 4.78 is 9.33. The smallest absolute Gasteiger partial charge is 0.287 e. The topological polar surface area (TPSA) is 83.2 Å². The molecule has 2 fully saturated rings. The van der Waals surface area contributed by atoms with Gasteiger partial charge in [0, 0.05) is 31.0 Å². The van der Waals surface area contributed by atoms with E-state index in [4.69, 9.17) is 21.6 Å². The summed E-state index contributed by atoms with van der Waals surface area (Å²) in [6, 6.07) is 10.0. The number of halogens is 1. The molecule has 0 radical (unpaired) electrons. The van der Waals surface area contributed by atoms with Gasteiger partial charge in [-0.25, -0.2) is 8.99 Å². The number of aromatic nitrogens is 2.